The molecule has 2 aromatic rings. The Morgan fingerprint density at radius 1 is 0.871 bits per heavy atom. The molecule has 0 aromatic heterocycles. The average Bonchev–Trinajstić information content (AvgIpc) is 2.70. The first-order chi connectivity index (χ1) is 14.6. The van der Waals surface area contributed by atoms with Gasteiger partial charge in [0.1, 0.15) is 16.2 Å². The maximum Gasteiger partial charge on any atom is 0.345 e. The van der Waals surface area contributed by atoms with Gasteiger partial charge in [-0.05, 0) is 49.8 Å². The third-order valence-corrected chi connectivity index (χ3v) is 6.07. The van der Waals surface area contributed by atoms with Crippen molar-refractivity contribution in [3.63, 3.8) is 0 Å². The van der Waals surface area contributed by atoms with Crippen molar-refractivity contribution < 1.29 is 31.7 Å². The van der Waals surface area contributed by atoms with E-state index < -0.39 is 22.1 Å². The van der Waals surface area contributed by atoms with Crippen LogP contribution in [-0.4, -0.2) is 33.6 Å². The zero-order chi connectivity index (χ0) is 23.2. The minimum atomic E-state index is -4.30. The van der Waals surface area contributed by atoms with Gasteiger partial charge in [0.25, 0.3) is 0 Å². The Morgan fingerprint density at radius 2 is 1.39 bits per heavy atom. The van der Waals surface area contributed by atoms with Gasteiger partial charge in [0.05, 0.1) is 28.3 Å². The van der Waals surface area contributed by atoms with Gasteiger partial charge in [0.2, 0.25) is 0 Å². The molecule has 166 valence electrons. The molecule has 11 heteroatoms. The van der Waals surface area contributed by atoms with Gasteiger partial charge >= 0.3 is 22.1 Å². The summed E-state index contributed by atoms with van der Waals surface area (Å²) in [7, 11) is -4.30. The molecule has 31 heavy (non-hydrogen) atoms. The van der Waals surface area contributed by atoms with Crippen LogP contribution in [0.15, 0.2) is 46.9 Å². The Hall–Kier alpha value is -2.26. The van der Waals surface area contributed by atoms with E-state index in [2.05, 4.69) is 0 Å². The highest BCUT2D eigenvalue weighted by Crippen LogP contribution is 2.33. The maximum absolute atomic E-state index is 12.5. The number of carbonyl (C=O) groups is 2. The van der Waals surface area contributed by atoms with Gasteiger partial charge in [-0.2, -0.15) is 8.42 Å². The van der Waals surface area contributed by atoms with Crippen molar-refractivity contribution >= 4 is 62.9 Å². The highest BCUT2D eigenvalue weighted by molar-refractivity contribution is 7.87. The third kappa shape index (κ3) is 6.61. The van der Waals surface area contributed by atoms with Crippen LogP contribution in [0.2, 0.25) is 15.1 Å². The fraction of sp³-hybridized carbons (Fsp3) is 0.200. The van der Waals surface area contributed by atoms with E-state index in [1.807, 2.05) is 0 Å². The Morgan fingerprint density at radius 3 is 1.90 bits per heavy atom. The average molecular weight is 508 g/mol. The zero-order valence-corrected chi connectivity index (χ0v) is 19.4. The van der Waals surface area contributed by atoms with E-state index in [4.69, 9.17) is 48.5 Å². The van der Waals surface area contributed by atoms with Crippen molar-refractivity contribution in [2.75, 3.05) is 13.2 Å². The van der Waals surface area contributed by atoms with Gasteiger partial charge in [-0.15, -0.1) is 0 Å². The van der Waals surface area contributed by atoms with Crippen LogP contribution in [0, 0.1) is 0 Å². The van der Waals surface area contributed by atoms with Crippen LogP contribution in [0.4, 0.5) is 0 Å². The molecule has 0 aliphatic heterocycles. The standard InChI is InChI=1S/C20H17Cl3O7S/c1-3-28-19(24)14(20(25)29-4-2)9-12-5-7-13(8-6-12)30-31(26,27)18-11-16(22)15(21)10-17(18)23/h5-11H,3-4H2,1-2H3. The summed E-state index contributed by atoms with van der Waals surface area (Å²) in [5.74, 6) is -1.70. The Labute approximate surface area is 194 Å². The van der Waals surface area contributed by atoms with Crippen molar-refractivity contribution in [1.29, 1.82) is 0 Å². The van der Waals surface area contributed by atoms with Gasteiger partial charge in [0, 0.05) is 0 Å². The normalized spacial score (nSPS) is 10.9. The molecule has 0 bridgehead atoms. The quantitative estimate of drug-likeness (QED) is 0.125. The van der Waals surface area contributed by atoms with Crippen LogP contribution in [0.5, 0.6) is 5.75 Å². The summed E-state index contributed by atoms with van der Waals surface area (Å²) in [6.07, 6.45) is 1.27. The second-order valence-electron chi connectivity index (χ2n) is 5.80. The molecule has 0 fully saturated rings. The highest BCUT2D eigenvalue weighted by Gasteiger charge is 2.23. The van der Waals surface area contributed by atoms with Crippen LogP contribution in [0.1, 0.15) is 19.4 Å². The summed E-state index contributed by atoms with van der Waals surface area (Å²) in [5, 5.41) is -0.0533. The van der Waals surface area contributed by atoms with E-state index in [0.29, 0.717) is 5.56 Å². The van der Waals surface area contributed by atoms with Gasteiger partial charge in [-0.3, -0.25) is 0 Å². The van der Waals surface area contributed by atoms with E-state index in [1.54, 1.807) is 13.8 Å². The first-order valence-corrected chi connectivity index (χ1v) is 11.4. The summed E-state index contributed by atoms with van der Waals surface area (Å²) < 4.78 is 39.9. The van der Waals surface area contributed by atoms with Crippen molar-refractivity contribution in [2.24, 2.45) is 0 Å². The molecule has 0 radical (unpaired) electrons. The number of benzene rings is 2. The monoisotopic (exact) mass is 506 g/mol. The lowest BCUT2D eigenvalue weighted by Crippen LogP contribution is -2.18. The lowest BCUT2D eigenvalue weighted by atomic mass is 10.1. The first-order valence-electron chi connectivity index (χ1n) is 8.84. The maximum atomic E-state index is 12.5. The number of esters is 2. The van der Waals surface area contributed by atoms with Crippen LogP contribution in [0.3, 0.4) is 0 Å². The molecule has 2 rings (SSSR count). The van der Waals surface area contributed by atoms with Crippen LogP contribution >= 0.6 is 34.8 Å². The number of hydrogen-bond donors (Lipinski definition) is 0. The fourth-order valence-corrected chi connectivity index (χ4v) is 4.18. The number of carbonyl (C=O) groups excluding carboxylic acids is 2. The number of rotatable bonds is 8. The highest BCUT2D eigenvalue weighted by atomic mass is 35.5. The number of hydrogen-bond acceptors (Lipinski definition) is 7. The molecule has 0 atom stereocenters. The molecule has 0 heterocycles. The molecule has 2 aromatic carbocycles. The zero-order valence-electron chi connectivity index (χ0n) is 16.4. The fourth-order valence-electron chi connectivity index (χ4n) is 2.27. The molecule has 0 N–H and O–H groups in total. The molecular formula is C20H17Cl3O7S. The largest absolute Gasteiger partial charge is 0.462 e. The summed E-state index contributed by atoms with van der Waals surface area (Å²) in [6.45, 7) is 3.37. The molecule has 0 saturated carbocycles. The predicted octanol–water partition coefficient (Wildman–Crippen LogP) is 4.92. The lowest BCUT2D eigenvalue weighted by Gasteiger charge is -2.10. The van der Waals surface area contributed by atoms with Gasteiger partial charge < -0.3 is 13.7 Å². The molecule has 0 aliphatic rings. The van der Waals surface area contributed by atoms with E-state index in [1.165, 1.54) is 36.4 Å². The van der Waals surface area contributed by atoms with Crippen LogP contribution < -0.4 is 4.18 Å². The number of ether oxygens (including phenoxy) is 2. The summed E-state index contributed by atoms with van der Waals surface area (Å²) in [4.78, 5) is 23.7. The minimum absolute atomic E-state index is 0.000753. The molecular weight excluding hydrogens is 491 g/mol. The summed E-state index contributed by atoms with van der Waals surface area (Å²) in [6, 6.07) is 7.84. The van der Waals surface area contributed by atoms with Gasteiger partial charge in [-0.25, -0.2) is 9.59 Å². The topological polar surface area (TPSA) is 96.0 Å². The van der Waals surface area contributed by atoms with Crippen LogP contribution in [0.25, 0.3) is 6.08 Å². The molecule has 7 nitrogen and oxygen atoms in total. The van der Waals surface area contributed by atoms with E-state index in [0.717, 1.165) is 6.07 Å². The van der Waals surface area contributed by atoms with Crippen molar-refractivity contribution in [1.82, 2.24) is 0 Å². The smallest absolute Gasteiger partial charge is 0.345 e. The minimum Gasteiger partial charge on any atom is -0.462 e. The first kappa shape index (κ1) is 25.0. The Bertz CT molecular complexity index is 1090. The molecule has 0 unspecified atom stereocenters. The summed E-state index contributed by atoms with van der Waals surface area (Å²) >= 11 is 17.6. The van der Waals surface area contributed by atoms with Crippen molar-refractivity contribution in [2.45, 2.75) is 18.7 Å². The van der Waals surface area contributed by atoms with Gasteiger partial charge in [0.15, 0.2) is 0 Å². The third-order valence-electron chi connectivity index (χ3n) is 3.63. The SMILES string of the molecule is CCOC(=O)C(=Cc1ccc(OS(=O)(=O)c2cc(Cl)c(Cl)cc2Cl)cc1)C(=O)OCC. The van der Waals surface area contributed by atoms with Crippen molar-refractivity contribution in [3.05, 3.63) is 62.6 Å². The molecule has 0 saturated heterocycles. The van der Waals surface area contributed by atoms with E-state index in [9.17, 15) is 18.0 Å². The molecule has 0 spiro atoms. The molecule has 0 amide bonds. The van der Waals surface area contributed by atoms with Gasteiger partial charge in [-0.1, -0.05) is 46.9 Å². The molecule has 0 aliphatic carbocycles. The predicted molar refractivity (Wildman–Crippen MR) is 117 cm³/mol. The lowest BCUT2D eigenvalue weighted by molar-refractivity contribution is -0.146. The number of halogens is 3. The Balaban J connectivity index is 2.30. The van der Waals surface area contributed by atoms with E-state index in [-0.39, 0.29) is 44.5 Å². The van der Waals surface area contributed by atoms with Crippen molar-refractivity contribution in [3.8, 4) is 5.75 Å². The van der Waals surface area contributed by atoms with Crippen LogP contribution in [-0.2, 0) is 29.2 Å². The Kier molecular flexibility index (Phi) is 8.76. The second kappa shape index (κ2) is 10.9. The van der Waals surface area contributed by atoms with E-state index >= 15 is 0 Å². The second-order valence-corrected chi connectivity index (χ2v) is 8.54. The summed E-state index contributed by atoms with van der Waals surface area (Å²) in [5.41, 5.74) is 0.112.